The number of hydrogen-bond donors (Lipinski definition) is 1. The van der Waals surface area contributed by atoms with Crippen molar-refractivity contribution >= 4 is 29.3 Å². The molecule has 1 amide bonds. The van der Waals surface area contributed by atoms with Gasteiger partial charge >= 0.3 is 5.97 Å². The highest BCUT2D eigenvalue weighted by Crippen LogP contribution is 2.20. The summed E-state index contributed by atoms with van der Waals surface area (Å²) >= 11 is 0. The number of aryl methyl sites for hydroxylation is 1. The number of ether oxygens (including phenoxy) is 2. The van der Waals surface area contributed by atoms with Gasteiger partial charge in [0.15, 0.2) is 6.10 Å². The highest BCUT2D eigenvalue weighted by Gasteiger charge is 2.22. The minimum atomic E-state index is -1.23. The summed E-state index contributed by atoms with van der Waals surface area (Å²) in [5.41, 5.74) is 2.22. The van der Waals surface area contributed by atoms with Crippen LogP contribution in [0.4, 0.5) is 11.4 Å². The molecule has 1 atom stereocenters. The van der Waals surface area contributed by atoms with Crippen LogP contribution in [-0.4, -0.2) is 41.2 Å². The van der Waals surface area contributed by atoms with E-state index in [9.17, 15) is 25.0 Å². The summed E-state index contributed by atoms with van der Waals surface area (Å²) in [5, 5.41) is 22.7. The van der Waals surface area contributed by atoms with Crippen molar-refractivity contribution in [3.05, 3.63) is 63.0 Å². The van der Waals surface area contributed by atoms with Crippen LogP contribution >= 0.6 is 0 Å². The lowest BCUT2D eigenvalue weighted by Crippen LogP contribution is -2.30. The van der Waals surface area contributed by atoms with E-state index in [1.807, 2.05) is 30.6 Å². The van der Waals surface area contributed by atoms with E-state index in [0.717, 1.165) is 11.4 Å². The number of aromatic nitrogens is 1. The third-order valence-corrected chi connectivity index (χ3v) is 4.75. The van der Waals surface area contributed by atoms with E-state index in [4.69, 9.17) is 9.47 Å². The summed E-state index contributed by atoms with van der Waals surface area (Å²) in [6, 6.07) is 9.02. The van der Waals surface area contributed by atoms with E-state index in [-0.39, 0.29) is 16.9 Å². The molecule has 0 bridgehead atoms. The van der Waals surface area contributed by atoms with Crippen LogP contribution in [0.1, 0.15) is 23.9 Å². The maximum atomic E-state index is 12.5. The SMILES string of the molecule is COCCn1c(C)cc(/C=C(\C#N)C(=O)O[C@@H](C)C(=O)Nc2cccc([N+](=O)[O-])c2)c1C. The van der Waals surface area contributed by atoms with Gasteiger partial charge < -0.3 is 19.4 Å². The number of nitro groups is 1. The molecule has 0 saturated carbocycles. The Hall–Kier alpha value is -3.97. The first kappa shape index (κ1) is 24.3. The van der Waals surface area contributed by atoms with Crippen molar-refractivity contribution in [2.45, 2.75) is 33.4 Å². The van der Waals surface area contributed by atoms with Crippen molar-refractivity contribution in [3.8, 4) is 6.07 Å². The zero-order valence-electron chi connectivity index (χ0n) is 18.2. The molecule has 10 nitrogen and oxygen atoms in total. The number of carbonyl (C=O) groups is 2. The number of anilines is 1. The fourth-order valence-electron chi connectivity index (χ4n) is 3.01. The zero-order valence-corrected chi connectivity index (χ0v) is 18.2. The molecular formula is C22H24N4O6. The maximum absolute atomic E-state index is 12.5. The molecule has 0 aliphatic heterocycles. The second-order valence-corrected chi connectivity index (χ2v) is 6.98. The maximum Gasteiger partial charge on any atom is 0.349 e. The molecule has 0 spiro atoms. The summed E-state index contributed by atoms with van der Waals surface area (Å²) in [6.45, 7) is 6.26. The molecule has 0 saturated heterocycles. The molecule has 1 aromatic carbocycles. The van der Waals surface area contributed by atoms with Gasteiger partial charge in [-0.1, -0.05) is 6.07 Å². The number of carbonyl (C=O) groups excluding carboxylic acids is 2. The number of benzene rings is 1. The van der Waals surface area contributed by atoms with Crippen LogP contribution in [0, 0.1) is 35.3 Å². The van der Waals surface area contributed by atoms with Gasteiger partial charge in [-0.2, -0.15) is 5.26 Å². The Kier molecular flexibility index (Phi) is 8.26. The average Bonchev–Trinajstić information content (AvgIpc) is 3.02. The van der Waals surface area contributed by atoms with Gasteiger partial charge in [0.2, 0.25) is 0 Å². The number of nitriles is 1. The topological polar surface area (TPSA) is 136 Å². The van der Waals surface area contributed by atoms with Crippen LogP contribution < -0.4 is 5.32 Å². The summed E-state index contributed by atoms with van der Waals surface area (Å²) in [4.78, 5) is 35.0. The molecule has 10 heteroatoms. The Balaban J connectivity index is 2.11. The summed E-state index contributed by atoms with van der Waals surface area (Å²) < 4.78 is 12.2. The minimum Gasteiger partial charge on any atom is -0.448 e. The van der Waals surface area contributed by atoms with Crippen molar-refractivity contribution in [2.75, 3.05) is 19.0 Å². The molecule has 0 fully saturated rings. The Morgan fingerprint density at radius 2 is 2.06 bits per heavy atom. The van der Waals surface area contributed by atoms with E-state index >= 15 is 0 Å². The predicted molar refractivity (Wildman–Crippen MR) is 117 cm³/mol. The molecule has 1 N–H and O–H groups in total. The number of nitro benzene ring substituents is 1. The standard InChI is InChI=1S/C22H24N4O6/c1-14-10-17(15(2)25(14)8-9-31-4)11-18(13-23)22(28)32-16(3)21(27)24-19-6-5-7-20(12-19)26(29)30/h5-7,10-12,16H,8-9H2,1-4H3,(H,24,27)/b18-11+/t16-/m0/s1. The second-order valence-electron chi connectivity index (χ2n) is 6.98. The Morgan fingerprint density at radius 3 is 2.69 bits per heavy atom. The van der Waals surface area contributed by atoms with Crippen molar-refractivity contribution in [1.82, 2.24) is 4.57 Å². The quantitative estimate of drug-likeness (QED) is 0.208. The van der Waals surface area contributed by atoms with E-state index < -0.39 is 22.9 Å². The first-order valence-electron chi connectivity index (χ1n) is 9.71. The van der Waals surface area contributed by atoms with Gasteiger partial charge in [-0.15, -0.1) is 0 Å². The molecule has 0 radical (unpaired) electrons. The number of hydrogen-bond acceptors (Lipinski definition) is 7. The van der Waals surface area contributed by atoms with Gasteiger partial charge in [0.25, 0.3) is 11.6 Å². The lowest BCUT2D eigenvalue weighted by atomic mass is 10.1. The van der Waals surface area contributed by atoms with Crippen molar-refractivity contribution in [1.29, 1.82) is 5.26 Å². The van der Waals surface area contributed by atoms with E-state index in [2.05, 4.69) is 5.32 Å². The number of nitrogens with one attached hydrogen (secondary N) is 1. The summed E-state index contributed by atoms with van der Waals surface area (Å²) in [7, 11) is 1.61. The highest BCUT2D eigenvalue weighted by molar-refractivity contribution is 6.01. The van der Waals surface area contributed by atoms with E-state index in [1.54, 1.807) is 7.11 Å². The number of nitrogens with zero attached hydrogens (tertiary/aromatic N) is 3. The van der Waals surface area contributed by atoms with Crippen molar-refractivity contribution in [3.63, 3.8) is 0 Å². The fourth-order valence-corrected chi connectivity index (χ4v) is 3.01. The molecule has 0 aliphatic rings. The van der Waals surface area contributed by atoms with E-state index in [0.29, 0.717) is 18.7 Å². The lowest BCUT2D eigenvalue weighted by molar-refractivity contribution is -0.384. The fraction of sp³-hybridized carbons (Fsp3) is 0.318. The van der Waals surface area contributed by atoms with Crippen LogP contribution in [0.2, 0.25) is 0 Å². The van der Waals surface area contributed by atoms with Gasteiger partial charge in [-0.05, 0) is 44.5 Å². The smallest absolute Gasteiger partial charge is 0.349 e. The summed E-state index contributed by atoms with van der Waals surface area (Å²) in [5.74, 6) is -1.63. The van der Waals surface area contributed by atoms with Crippen LogP contribution in [0.25, 0.3) is 6.08 Å². The number of methoxy groups -OCH3 is 1. The van der Waals surface area contributed by atoms with Crippen LogP contribution in [-0.2, 0) is 25.6 Å². The second kappa shape index (κ2) is 10.9. The number of esters is 1. The first-order valence-corrected chi connectivity index (χ1v) is 9.71. The Bertz CT molecular complexity index is 1100. The summed E-state index contributed by atoms with van der Waals surface area (Å²) in [6.07, 6.45) is 0.187. The third-order valence-electron chi connectivity index (χ3n) is 4.75. The zero-order chi connectivity index (χ0) is 23.8. The molecule has 1 aromatic heterocycles. The molecule has 0 aliphatic carbocycles. The molecule has 0 unspecified atom stereocenters. The Labute approximate surface area is 185 Å². The molecule has 168 valence electrons. The Morgan fingerprint density at radius 1 is 1.34 bits per heavy atom. The van der Waals surface area contributed by atoms with Crippen LogP contribution in [0.3, 0.4) is 0 Å². The van der Waals surface area contributed by atoms with Crippen LogP contribution in [0.15, 0.2) is 35.9 Å². The van der Waals surface area contributed by atoms with Gasteiger partial charge in [-0.25, -0.2) is 4.79 Å². The van der Waals surface area contributed by atoms with Crippen molar-refractivity contribution in [2.24, 2.45) is 0 Å². The molecule has 2 rings (SSSR count). The highest BCUT2D eigenvalue weighted by atomic mass is 16.6. The number of rotatable bonds is 9. The van der Waals surface area contributed by atoms with Gasteiger partial charge in [0.05, 0.1) is 11.5 Å². The van der Waals surface area contributed by atoms with Gasteiger partial charge in [0, 0.05) is 42.9 Å². The van der Waals surface area contributed by atoms with E-state index in [1.165, 1.54) is 37.3 Å². The largest absolute Gasteiger partial charge is 0.448 e. The molecule has 1 heterocycles. The monoisotopic (exact) mass is 440 g/mol. The minimum absolute atomic E-state index is 0.187. The molecule has 2 aromatic rings. The first-order chi connectivity index (χ1) is 15.2. The van der Waals surface area contributed by atoms with Gasteiger partial charge in [0.1, 0.15) is 11.6 Å². The van der Waals surface area contributed by atoms with Crippen molar-refractivity contribution < 1.29 is 24.0 Å². The number of amides is 1. The van der Waals surface area contributed by atoms with Gasteiger partial charge in [-0.3, -0.25) is 14.9 Å². The lowest BCUT2D eigenvalue weighted by Gasteiger charge is -2.13. The number of non-ortho nitro benzene ring substituents is 1. The molecule has 32 heavy (non-hydrogen) atoms. The predicted octanol–water partition coefficient (Wildman–Crippen LogP) is 3.14. The molecular weight excluding hydrogens is 416 g/mol. The normalized spacial score (nSPS) is 12.0. The third kappa shape index (κ3) is 6.02. The van der Waals surface area contributed by atoms with Crippen LogP contribution in [0.5, 0.6) is 0 Å². The average molecular weight is 440 g/mol.